The molecule has 0 bridgehead atoms. The number of primary amides is 1. The lowest BCUT2D eigenvalue weighted by molar-refractivity contribution is -0.135. The topological polar surface area (TPSA) is 114 Å². The van der Waals surface area contributed by atoms with Gasteiger partial charge in [-0.25, -0.2) is 0 Å². The number of nitriles is 1. The minimum absolute atomic E-state index is 0.151. The van der Waals surface area contributed by atoms with Gasteiger partial charge in [0.2, 0.25) is 5.91 Å². The predicted molar refractivity (Wildman–Crippen MR) is 85.9 cm³/mol. The van der Waals surface area contributed by atoms with Crippen molar-refractivity contribution in [2.75, 3.05) is 19.8 Å². The second-order valence-corrected chi connectivity index (χ2v) is 5.84. The minimum Gasteiger partial charge on any atom is -0.480 e. The van der Waals surface area contributed by atoms with E-state index in [1.54, 1.807) is 31.2 Å². The van der Waals surface area contributed by atoms with E-state index in [9.17, 15) is 9.59 Å². The average molecular weight is 331 g/mol. The van der Waals surface area contributed by atoms with E-state index in [2.05, 4.69) is 5.32 Å². The van der Waals surface area contributed by atoms with Crippen molar-refractivity contribution in [1.82, 2.24) is 5.32 Å². The smallest absolute Gasteiger partial charge is 0.260 e. The predicted octanol–water partition coefficient (Wildman–Crippen LogP) is 0.724. The summed E-state index contributed by atoms with van der Waals surface area (Å²) in [5.41, 5.74) is 5.09. The third-order valence-electron chi connectivity index (χ3n) is 4.25. The maximum atomic E-state index is 12.3. The van der Waals surface area contributed by atoms with Crippen molar-refractivity contribution in [3.8, 4) is 11.8 Å². The molecule has 1 fully saturated rings. The SMILES string of the molecule is C[C@H](Oc1ccccc1C#N)C(=O)NCC1(C(N)=O)CCOCC1. The van der Waals surface area contributed by atoms with Gasteiger partial charge in [-0.2, -0.15) is 5.26 Å². The van der Waals surface area contributed by atoms with Crippen LogP contribution in [-0.4, -0.2) is 37.7 Å². The highest BCUT2D eigenvalue weighted by Crippen LogP contribution is 2.29. The van der Waals surface area contributed by atoms with E-state index in [4.69, 9.17) is 20.5 Å². The van der Waals surface area contributed by atoms with Gasteiger partial charge in [-0.3, -0.25) is 9.59 Å². The number of benzene rings is 1. The van der Waals surface area contributed by atoms with Crippen LogP contribution in [0.3, 0.4) is 0 Å². The highest BCUT2D eigenvalue weighted by molar-refractivity contribution is 5.84. The van der Waals surface area contributed by atoms with Crippen LogP contribution < -0.4 is 15.8 Å². The molecule has 1 heterocycles. The average Bonchev–Trinajstić information content (AvgIpc) is 2.60. The zero-order valence-corrected chi connectivity index (χ0v) is 13.6. The Morgan fingerprint density at radius 1 is 1.42 bits per heavy atom. The zero-order valence-electron chi connectivity index (χ0n) is 13.6. The Balaban J connectivity index is 1.96. The number of nitrogens with two attached hydrogens (primary N) is 1. The van der Waals surface area contributed by atoms with Crippen LogP contribution in [0, 0.1) is 16.7 Å². The van der Waals surface area contributed by atoms with E-state index in [1.165, 1.54) is 0 Å². The van der Waals surface area contributed by atoms with Gasteiger partial charge in [-0.15, -0.1) is 0 Å². The van der Waals surface area contributed by atoms with Crippen LogP contribution in [0.25, 0.3) is 0 Å². The maximum Gasteiger partial charge on any atom is 0.260 e. The minimum atomic E-state index is -0.802. The molecule has 0 aliphatic carbocycles. The number of para-hydroxylation sites is 1. The molecule has 1 aromatic rings. The molecule has 7 heteroatoms. The van der Waals surface area contributed by atoms with Crippen LogP contribution in [0.2, 0.25) is 0 Å². The molecule has 7 nitrogen and oxygen atoms in total. The number of ether oxygens (including phenoxy) is 2. The molecule has 1 saturated heterocycles. The molecular formula is C17H21N3O4. The second-order valence-electron chi connectivity index (χ2n) is 5.84. The van der Waals surface area contributed by atoms with Crippen molar-refractivity contribution in [2.45, 2.75) is 25.9 Å². The van der Waals surface area contributed by atoms with Gasteiger partial charge in [-0.05, 0) is 31.9 Å². The van der Waals surface area contributed by atoms with E-state index in [-0.39, 0.29) is 12.5 Å². The molecule has 0 radical (unpaired) electrons. The van der Waals surface area contributed by atoms with Crippen molar-refractivity contribution in [3.63, 3.8) is 0 Å². The van der Waals surface area contributed by atoms with E-state index in [1.807, 2.05) is 6.07 Å². The Bertz CT molecular complexity index is 647. The largest absolute Gasteiger partial charge is 0.480 e. The van der Waals surface area contributed by atoms with Crippen LogP contribution in [-0.2, 0) is 14.3 Å². The highest BCUT2D eigenvalue weighted by Gasteiger charge is 2.39. The summed E-state index contributed by atoms with van der Waals surface area (Å²) in [6.07, 6.45) is 0.161. The van der Waals surface area contributed by atoms with Gasteiger partial charge in [0.1, 0.15) is 11.8 Å². The van der Waals surface area contributed by atoms with Gasteiger partial charge in [0.15, 0.2) is 6.10 Å². The Hall–Kier alpha value is -2.59. The third-order valence-corrected chi connectivity index (χ3v) is 4.25. The van der Waals surface area contributed by atoms with Gasteiger partial charge >= 0.3 is 0 Å². The molecule has 1 atom stereocenters. The Kier molecular flexibility index (Phi) is 5.77. The molecule has 0 saturated carbocycles. The molecule has 0 aromatic heterocycles. The Labute approximate surface area is 140 Å². The molecule has 2 rings (SSSR count). The summed E-state index contributed by atoms with van der Waals surface area (Å²) >= 11 is 0. The molecule has 1 aromatic carbocycles. The number of nitrogens with zero attached hydrogens (tertiary/aromatic N) is 1. The van der Waals surface area contributed by atoms with Crippen molar-refractivity contribution in [1.29, 1.82) is 5.26 Å². The first kappa shape index (κ1) is 17.8. The van der Waals surface area contributed by atoms with Gasteiger partial charge in [0.05, 0.1) is 11.0 Å². The molecule has 0 spiro atoms. The summed E-state index contributed by atoms with van der Waals surface area (Å²) < 4.78 is 10.8. The summed E-state index contributed by atoms with van der Waals surface area (Å²) in [7, 11) is 0. The fourth-order valence-electron chi connectivity index (χ4n) is 2.58. The van der Waals surface area contributed by atoms with Gasteiger partial charge < -0.3 is 20.5 Å². The van der Waals surface area contributed by atoms with Crippen molar-refractivity contribution < 1.29 is 19.1 Å². The molecule has 1 aliphatic rings. The molecule has 2 amide bonds. The highest BCUT2D eigenvalue weighted by atomic mass is 16.5. The fraction of sp³-hybridized carbons (Fsp3) is 0.471. The van der Waals surface area contributed by atoms with Gasteiger partial charge in [-0.1, -0.05) is 12.1 Å². The van der Waals surface area contributed by atoms with Crippen LogP contribution in [0.15, 0.2) is 24.3 Å². The summed E-state index contributed by atoms with van der Waals surface area (Å²) in [4.78, 5) is 24.0. The van der Waals surface area contributed by atoms with E-state index < -0.39 is 17.4 Å². The second kappa shape index (κ2) is 7.79. The van der Waals surface area contributed by atoms with Crippen LogP contribution in [0.1, 0.15) is 25.3 Å². The number of hydrogen-bond donors (Lipinski definition) is 2. The quantitative estimate of drug-likeness (QED) is 0.797. The first-order chi connectivity index (χ1) is 11.5. The normalized spacial score (nSPS) is 17.3. The molecular weight excluding hydrogens is 310 g/mol. The van der Waals surface area contributed by atoms with Crippen molar-refractivity contribution >= 4 is 11.8 Å². The Morgan fingerprint density at radius 3 is 2.71 bits per heavy atom. The summed E-state index contributed by atoms with van der Waals surface area (Å²) in [6.45, 7) is 2.63. The number of rotatable bonds is 6. The number of nitrogens with one attached hydrogen (secondary N) is 1. The molecule has 128 valence electrons. The number of carbonyl (C=O) groups is 2. The van der Waals surface area contributed by atoms with Crippen LogP contribution in [0.4, 0.5) is 0 Å². The lowest BCUT2D eigenvalue weighted by Gasteiger charge is -2.34. The third kappa shape index (κ3) is 4.03. The first-order valence-electron chi connectivity index (χ1n) is 7.80. The van der Waals surface area contributed by atoms with Crippen LogP contribution >= 0.6 is 0 Å². The lowest BCUT2D eigenvalue weighted by atomic mass is 9.79. The fourth-order valence-corrected chi connectivity index (χ4v) is 2.58. The monoisotopic (exact) mass is 331 g/mol. The van der Waals surface area contributed by atoms with E-state index >= 15 is 0 Å². The van der Waals surface area contributed by atoms with Crippen molar-refractivity contribution in [2.24, 2.45) is 11.1 Å². The lowest BCUT2D eigenvalue weighted by Crippen LogP contribution is -2.51. The van der Waals surface area contributed by atoms with Gasteiger partial charge in [0.25, 0.3) is 5.91 Å². The zero-order chi connectivity index (χ0) is 17.6. The van der Waals surface area contributed by atoms with Crippen LogP contribution in [0.5, 0.6) is 5.75 Å². The molecule has 1 aliphatic heterocycles. The Morgan fingerprint density at radius 2 is 2.08 bits per heavy atom. The first-order valence-corrected chi connectivity index (χ1v) is 7.80. The maximum absolute atomic E-state index is 12.3. The number of carbonyl (C=O) groups excluding carboxylic acids is 2. The van der Waals surface area contributed by atoms with Crippen molar-refractivity contribution in [3.05, 3.63) is 29.8 Å². The van der Waals surface area contributed by atoms with E-state index in [0.717, 1.165) is 0 Å². The molecule has 3 N–H and O–H groups in total. The van der Waals surface area contributed by atoms with Gasteiger partial charge in [0, 0.05) is 19.8 Å². The summed E-state index contributed by atoms with van der Waals surface area (Å²) in [5, 5.41) is 11.8. The summed E-state index contributed by atoms with van der Waals surface area (Å²) in [5.74, 6) is -0.456. The number of amides is 2. The van der Waals surface area contributed by atoms with E-state index in [0.29, 0.717) is 37.4 Å². The standard InChI is InChI=1S/C17H21N3O4/c1-12(24-14-5-3-2-4-13(14)10-18)15(21)20-11-17(16(19)22)6-8-23-9-7-17/h2-5,12H,6-9,11H2,1H3,(H2,19,22)(H,20,21)/t12-/m0/s1. The molecule has 0 unspecified atom stereocenters. The summed E-state index contributed by atoms with van der Waals surface area (Å²) in [6, 6.07) is 8.71. The molecule has 24 heavy (non-hydrogen) atoms. The number of hydrogen-bond acceptors (Lipinski definition) is 5.